The van der Waals surface area contributed by atoms with Crippen LogP contribution in [0, 0.1) is 0 Å². The van der Waals surface area contributed by atoms with Crippen molar-refractivity contribution in [3.63, 3.8) is 0 Å². The predicted molar refractivity (Wildman–Crippen MR) is 562 cm³/mol. The molecule has 0 amide bonds. The van der Waals surface area contributed by atoms with Crippen LogP contribution < -0.4 is 0 Å². The van der Waals surface area contributed by atoms with Gasteiger partial charge in [-0.25, -0.2) is 0 Å². The lowest BCUT2D eigenvalue weighted by Crippen LogP contribution is -2.30. The van der Waals surface area contributed by atoms with Gasteiger partial charge in [0, 0.05) is 9.75 Å². The van der Waals surface area contributed by atoms with Gasteiger partial charge < -0.3 is 0 Å². The number of benzene rings is 5. The van der Waals surface area contributed by atoms with Gasteiger partial charge in [-0.1, -0.05) is 561 Å². The average Bonchev–Trinajstić information content (AvgIpc) is 1.50. The SMILES string of the molecule is CCCCCCCCCCCCCCCCCCCCc1ccc(C2(c3ccc(CCCCCCCCCCCCCCCCCCCC)cc3)c3cc4c(cc3-c3sc(Br)cc32)C(c2ccc(CCCCCCCCCCCCCCCCCCCC)cc2)(c2ccc(CCCCCCCCCCCCCCCCCCCC)cc2)c2cc(Br)sc2-4)cc1. The number of hydrogen-bond donors (Lipinski definition) is 0. The minimum absolute atomic E-state index is 0.498. The minimum atomic E-state index is -0.498. The van der Waals surface area contributed by atoms with Crippen molar-refractivity contribution in [3.05, 3.63) is 196 Å². The Morgan fingerprint density at radius 2 is 0.323 bits per heavy atom. The minimum Gasteiger partial charge on any atom is -0.128 e. The molecule has 0 aliphatic heterocycles. The van der Waals surface area contributed by atoms with Crippen molar-refractivity contribution in [3.8, 4) is 20.9 Å². The standard InChI is InChI=1S/C120H184Br2S2/c1-5-9-13-17-21-25-29-33-37-41-45-49-53-57-61-65-69-73-77-101-81-89-105(90-82-101)119(106-91-83-102(84-92-106)78-74-70-66-62-58-54-50-46-42-38-34-30-26-22-18-14-10-6-2)111-97-110-112(98-109(111)117-113(119)99-115(121)123-117)120(114-100-116(122)124-118(110)114,107-93-85-103(86-94-107)79-75-71-67-63-59-55-51-47-43-39-35-31-27-23-19-15-11-7-3)108-95-87-104(88-96-108)80-76-72-68-64-60-56-52-48-44-40-36-32-28-24-20-16-12-8-4/h81-100H,5-80H2,1-4H3. The van der Waals surface area contributed by atoms with Crippen LogP contribution >= 0.6 is 54.5 Å². The van der Waals surface area contributed by atoms with Crippen molar-refractivity contribution in [2.45, 2.75) is 527 Å². The summed E-state index contributed by atoms with van der Waals surface area (Å²) >= 11 is 12.4. The molecule has 9 rings (SSSR count). The molecular weight excluding hydrogens is 1670 g/mol. The Morgan fingerprint density at radius 1 is 0.177 bits per heavy atom. The van der Waals surface area contributed by atoms with E-state index in [-0.39, 0.29) is 0 Å². The van der Waals surface area contributed by atoms with Gasteiger partial charge in [-0.3, -0.25) is 0 Å². The van der Waals surface area contributed by atoms with Crippen molar-refractivity contribution < 1.29 is 0 Å². The molecule has 2 heterocycles. The number of aryl methyl sites for hydroxylation is 4. The third-order valence-electron chi connectivity index (χ3n) is 29.5. The summed E-state index contributed by atoms with van der Waals surface area (Å²) in [5.41, 5.74) is 19.1. The van der Waals surface area contributed by atoms with E-state index in [0.717, 1.165) is 25.7 Å². The van der Waals surface area contributed by atoms with E-state index in [1.54, 1.807) is 0 Å². The van der Waals surface area contributed by atoms with Crippen LogP contribution in [-0.4, -0.2) is 0 Å². The molecule has 124 heavy (non-hydrogen) atoms. The van der Waals surface area contributed by atoms with E-state index in [2.05, 4.69) is 181 Å². The van der Waals surface area contributed by atoms with Crippen molar-refractivity contribution >= 4 is 54.5 Å². The third-order valence-corrected chi connectivity index (χ3v) is 32.8. The molecule has 0 fully saturated rings. The molecular formula is C120H184Br2S2. The highest BCUT2D eigenvalue weighted by Gasteiger charge is 2.53. The average molecular weight is 1850 g/mol. The second kappa shape index (κ2) is 65.1. The van der Waals surface area contributed by atoms with Crippen LogP contribution in [0.25, 0.3) is 20.9 Å². The molecule has 0 spiro atoms. The highest BCUT2D eigenvalue weighted by molar-refractivity contribution is 9.11. The summed E-state index contributed by atoms with van der Waals surface area (Å²) < 4.78 is 2.43. The highest BCUT2D eigenvalue weighted by atomic mass is 79.9. The molecule has 0 N–H and O–H groups in total. The van der Waals surface area contributed by atoms with Gasteiger partial charge in [0.1, 0.15) is 0 Å². The molecule has 2 aromatic heterocycles. The molecule has 4 heteroatoms. The molecule has 0 radical (unpaired) electrons. The van der Waals surface area contributed by atoms with Crippen LogP contribution in [0.2, 0.25) is 0 Å². The summed E-state index contributed by atoms with van der Waals surface area (Å²) in [6, 6.07) is 51.3. The van der Waals surface area contributed by atoms with E-state index < -0.39 is 10.8 Å². The topological polar surface area (TPSA) is 0 Å². The summed E-state index contributed by atoms with van der Waals surface area (Å²) in [5, 5.41) is 0. The second-order valence-corrected chi connectivity index (χ2v) is 44.7. The van der Waals surface area contributed by atoms with Crippen LogP contribution in [-0.2, 0) is 36.5 Å². The summed E-state index contributed by atoms with van der Waals surface area (Å²) in [4.78, 5) is 2.83. The molecule has 690 valence electrons. The van der Waals surface area contributed by atoms with Crippen molar-refractivity contribution in [2.24, 2.45) is 0 Å². The van der Waals surface area contributed by atoms with E-state index in [1.807, 2.05) is 22.7 Å². The second-order valence-electron chi connectivity index (χ2n) is 39.9. The predicted octanol–water partition coefficient (Wildman–Crippen LogP) is 42.4. The number of hydrogen-bond acceptors (Lipinski definition) is 2. The lowest BCUT2D eigenvalue weighted by Gasteiger charge is -2.35. The maximum Gasteiger partial charge on any atom is 0.0722 e. The molecule has 7 aromatic rings. The molecule has 0 atom stereocenters. The fourth-order valence-electron chi connectivity index (χ4n) is 21.8. The maximum absolute atomic E-state index is 4.22. The largest absolute Gasteiger partial charge is 0.128 e. The molecule has 0 saturated heterocycles. The number of halogens is 2. The lowest BCUT2D eigenvalue weighted by atomic mass is 9.65. The van der Waals surface area contributed by atoms with Gasteiger partial charge in [0.2, 0.25) is 0 Å². The van der Waals surface area contributed by atoms with Crippen molar-refractivity contribution in [2.75, 3.05) is 0 Å². The van der Waals surface area contributed by atoms with Crippen molar-refractivity contribution in [1.82, 2.24) is 0 Å². The fourth-order valence-corrected chi connectivity index (χ4v) is 25.1. The van der Waals surface area contributed by atoms with Crippen LogP contribution in [0.15, 0.2) is 129 Å². The molecule has 0 bridgehead atoms. The van der Waals surface area contributed by atoms with Gasteiger partial charge in [0.05, 0.1) is 18.4 Å². The smallest absolute Gasteiger partial charge is 0.0722 e. The summed E-state index contributed by atoms with van der Waals surface area (Å²) in [6.45, 7) is 9.29. The third kappa shape index (κ3) is 36.2. The Kier molecular flexibility index (Phi) is 54.7. The summed E-state index contributed by atoms with van der Waals surface area (Å²) in [5.74, 6) is 0. The van der Waals surface area contributed by atoms with E-state index in [1.165, 1.54) is 558 Å². The van der Waals surface area contributed by atoms with Gasteiger partial charge in [-0.2, -0.15) is 0 Å². The zero-order valence-corrected chi connectivity index (χ0v) is 85.7. The van der Waals surface area contributed by atoms with Crippen LogP contribution in [0.1, 0.15) is 557 Å². The van der Waals surface area contributed by atoms with Gasteiger partial charge in [0.15, 0.2) is 0 Å². The van der Waals surface area contributed by atoms with Gasteiger partial charge in [-0.15, -0.1) is 22.7 Å². The lowest BCUT2D eigenvalue weighted by molar-refractivity contribution is 0.525. The van der Waals surface area contributed by atoms with Crippen LogP contribution in [0.4, 0.5) is 0 Å². The monoisotopic (exact) mass is 1850 g/mol. The number of thiophene rings is 2. The van der Waals surface area contributed by atoms with Gasteiger partial charge >= 0.3 is 0 Å². The fraction of sp³-hybridized carbons (Fsp3) is 0.683. The molecule has 2 aliphatic carbocycles. The van der Waals surface area contributed by atoms with E-state index >= 15 is 0 Å². The van der Waals surface area contributed by atoms with E-state index in [0.29, 0.717) is 0 Å². The summed E-state index contributed by atoms with van der Waals surface area (Å²) in [6.07, 6.45) is 106. The number of rotatable bonds is 80. The van der Waals surface area contributed by atoms with Crippen molar-refractivity contribution in [1.29, 1.82) is 0 Å². The first-order valence-corrected chi connectivity index (χ1v) is 57.8. The molecule has 0 nitrogen and oxygen atoms in total. The first-order chi connectivity index (χ1) is 61.4. The first kappa shape index (κ1) is 104. The normalized spacial score (nSPS) is 13.1. The highest BCUT2D eigenvalue weighted by Crippen LogP contribution is 2.66. The maximum atomic E-state index is 4.22. The Hall–Kier alpha value is -3.54. The number of fused-ring (bicyclic) bond motifs is 6. The molecule has 5 aromatic carbocycles. The zero-order chi connectivity index (χ0) is 86.7. The Balaban J connectivity index is 0.893. The summed E-state index contributed by atoms with van der Waals surface area (Å²) in [7, 11) is 0. The zero-order valence-electron chi connectivity index (χ0n) is 80.9. The van der Waals surface area contributed by atoms with Gasteiger partial charge in [-0.05, 0) is 185 Å². The Bertz CT molecular complexity index is 3350. The van der Waals surface area contributed by atoms with Gasteiger partial charge in [0.25, 0.3) is 0 Å². The van der Waals surface area contributed by atoms with Crippen LogP contribution in [0.5, 0.6) is 0 Å². The Morgan fingerprint density at radius 3 is 0.476 bits per heavy atom. The van der Waals surface area contributed by atoms with Crippen LogP contribution in [0.3, 0.4) is 0 Å². The van der Waals surface area contributed by atoms with E-state index in [9.17, 15) is 0 Å². The molecule has 0 unspecified atom stereocenters. The van der Waals surface area contributed by atoms with E-state index in [4.69, 9.17) is 0 Å². The Labute approximate surface area is 791 Å². The number of unbranched alkanes of at least 4 members (excludes halogenated alkanes) is 68. The first-order valence-electron chi connectivity index (χ1n) is 54.5. The molecule has 2 aliphatic rings. The molecule has 0 saturated carbocycles. The quantitative estimate of drug-likeness (QED) is 0.0333.